The highest BCUT2D eigenvalue weighted by molar-refractivity contribution is 4.69. The molecule has 0 radical (unpaired) electrons. The van der Waals surface area contributed by atoms with Crippen LogP contribution >= 0.6 is 0 Å². The first-order valence-corrected chi connectivity index (χ1v) is 4.83. The molecule has 1 aliphatic carbocycles. The van der Waals surface area contributed by atoms with E-state index >= 15 is 0 Å². The molecule has 0 aromatic heterocycles. The molecule has 10 heavy (non-hydrogen) atoms. The van der Waals surface area contributed by atoms with Crippen molar-refractivity contribution in [3.63, 3.8) is 0 Å². The molecule has 1 fully saturated rings. The third-order valence-corrected chi connectivity index (χ3v) is 2.74. The molecule has 60 valence electrons. The van der Waals surface area contributed by atoms with Gasteiger partial charge in [0.2, 0.25) is 0 Å². The van der Waals surface area contributed by atoms with Gasteiger partial charge in [-0.3, -0.25) is 0 Å². The van der Waals surface area contributed by atoms with Crippen LogP contribution in [-0.4, -0.2) is 0 Å². The van der Waals surface area contributed by atoms with Crippen LogP contribution in [0.25, 0.3) is 0 Å². The molecule has 0 amide bonds. The molecule has 0 bridgehead atoms. The van der Waals surface area contributed by atoms with Crippen LogP contribution in [0.2, 0.25) is 0 Å². The van der Waals surface area contributed by atoms with E-state index in [0.717, 1.165) is 11.8 Å². The Morgan fingerprint density at radius 1 is 1.30 bits per heavy atom. The van der Waals surface area contributed by atoms with Crippen LogP contribution in [-0.2, 0) is 0 Å². The van der Waals surface area contributed by atoms with Gasteiger partial charge in [-0.2, -0.15) is 0 Å². The van der Waals surface area contributed by atoms with E-state index in [-0.39, 0.29) is 0 Å². The summed E-state index contributed by atoms with van der Waals surface area (Å²) in [5.41, 5.74) is 0. The molecule has 0 heteroatoms. The minimum atomic E-state index is 1.02. The van der Waals surface area contributed by atoms with E-state index in [2.05, 4.69) is 13.8 Å². The normalized spacial score (nSPS) is 34.2. The maximum Gasteiger partial charge on any atom is -0.0412 e. The monoisotopic (exact) mass is 140 g/mol. The Morgan fingerprint density at radius 2 is 2.10 bits per heavy atom. The van der Waals surface area contributed by atoms with Gasteiger partial charge >= 0.3 is 0 Å². The first-order chi connectivity index (χ1) is 4.83. The van der Waals surface area contributed by atoms with Crippen molar-refractivity contribution in [2.75, 3.05) is 0 Å². The van der Waals surface area contributed by atoms with Gasteiger partial charge in [0.05, 0.1) is 0 Å². The van der Waals surface area contributed by atoms with Crippen LogP contribution in [0.1, 0.15) is 52.4 Å². The number of hydrogen-bond acceptors (Lipinski definition) is 0. The lowest BCUT2D eigenvalue weighted by atomic mass is 9.80. The minimum Gasteiger partial charge on any atom is -0.0654 e. The van der Waals surface area contributed by atoms with Gasteiger partial charge in [0.15, 0.2) is 0 Å². The van der Waals surface area contributed by atoms with Crippen molar-refractivity contribution >= 4 is 0 Å². The zero-order valence-electron chi connectivity index (χ0n) is 7.40. The zero-order chi connectivity index (χ0) is 7.40. The highest BCUT2D eigenvalue weighted by Crippen LogP contribution is 2.31. The summed E-state index contributed by atoms with van der Waals surface area (Å²) in [6.45, 7) is 4.71. The van der Waals surface area contributed by atoms with Crippen LogP contribution in [0.15, 0.2) is 0 Å². The summed E-state index contributed by atoms with van der Waals surface area (Å²) in [5, 5.41) is 0. The van der Waals surface area contributed by atoms with E-state index in [0.29, 0.717) is 0 Å². The minimum absolute atomic E-state index is 1.02. The summed E-state index contributed by atoms with van der Waals surface area (Å²) in [6.07, 6.45) is 8.86. The molecule has 0 heterocycles. The maximum atomic E-state index is 2.40. The van der Waals surface area contributed by atoms with Gasteiger partial charge in [-0.15, -0.1) is 0 Å². The van der Waals surface area contributed by atoms with Crippen molar-refractivity contribution in [3.8, 4) is 0 Å². The third kappa shape index (κ3) is 2.32. The van der Waals surface area contributed by atoms with E-state index in [1.165, 1.54) is 38.5 Å². The molecule has 0 nitrogen and oxygen atoms in total. The average molecular weight is 140 g/mol. The SMILES string of the molecule is CCC[C@@H]1CCC[C@H](C)C1. The van der Waals surface area contributed by atoms with E-state index in [9.17, 15) is 0 Å². The predicted molar refractivity (Wildman–Crippen MR) is 46.0 cm³/mol. The van der Waals surface area contributed by atoms with Gasteiger partial charge in [-0.1, -0.05) is 46.0 Å². The molecule has 0 aromatic carbocycles. The molecule has 0 N–H and O–H groups in total. The molecular formula is C10H20. The lowest BCUT2D eigenvalue weighted by Crippen LogP contribution is -2.12. The molecule has 1 aliphatic rings. The Kier molecular flexibility index (Phi) is 3.24. The lowest BCUT2D eigenvalue weighted by molar-refractivity contribution is 0.268. The largest absolute Gasteiger partial charge is 0.0654 e. The van der Waals surface area contributed by atoms with Gasteiger partial charge in [0, 0.05) is 0 Å². The van der Waals surface area contributed by atoms with Crippen molar-refractivity contribution in [1.29, 1.82) is 0 Å². The molecule has 2 atom stereocenters. The molecule has 1 saturated carbocycles. The average Bonchev–Trinajstić information content (AvgIpc) is 1.88. The fourth-order valence-corrected chi connectivity index (χ4v) is 2.23. The number of rotatable bonds is 2. The Hall–Kier alpha value is 0. The predicted octanol–water partition coefficient (Wildman–Crippen LogP) is 3.61. The summed E-state index contributed by atoms with van der Waals surface area (Å²) < 4.78 is 0. The quantitative estimate of drug-likeness (QED) is 0.549. The standard InChI is InChI=1S/C10H20/c1-3-5-10-7-4-6-9(2)8-10/h9-10H,3-8H2,1-2H3/t9-,10+/m0/s1. The van der Waals surface area contributed by atoms with E-state index in [1.807, 2.05) is 0 Å². The molecule has 0 spiro atoms. The molecule has 0 saturated heterocycles. The second-order valence-corrected chi connectivity index (χ2v) is 3.93. The fourth-order valence-electron chi connectivity index (χ4n) is 2.23. The van der Waals surface area contributed by atoms with Gasteiger partial charge in [0.1, 0.15) is 0 Å². The second kappa shape index (κ2) is 4.00. The third-order valence-electron chi connectivity index (χ3n) is 2.74. The molecule has 0 aliphatic heterocycles. The Balaban J connectivity index is 2.18. The van der Waals surface area contributed by atoms with E-state index in [1.54, 1.807) is 0 Å². The molecule has 0 aromatic rings. The van der Waals surface area contributed by atoms with Gasteiger partial charge in [-0.05, 0) is 18.3 Å². The first kappa shape index (κ1) is 8.10. The van der Waals surface area contributed by atoms with Crippen LogP contribution in [0.5, 0.6) is 0 Å². The van der Waals surface area contributed by atoms with Gasteiger partial charge < -0.3 is 0 Å². The Labute approximate surface area is 65.0 Å². The zero-order valence-corrected chi connectivity index (χ0v) is 7.40. The summed E-state index contributed by atoms with van der Waals surface area (Å²) in [5.74, 6) is 2.10. The van der Waals surface area contributed by atoms with Crippen LogP contribution in [0, 0.1) is 11.8 Å². The van der Waals surface area contributed by atoms with Crippen molar-refractivity contribution < 1.29 is 0 Å². The topological polar surface area (TPSA) is 0 Å². The van der Waals surface area contributed by atoms with Crippen LogP contribution in [0.4, 0.5) is 0 Å². The molecule has 1 rings (SSSR count). The second-order valence-electron chi connectivity index (χ2n) is 3.93. The van der Waals surface area contributed by atoms with Gasteiger partial charge in [0.25, 0.3) is 0 Å². The maximum absolute atomic E-state index is 2.40. The van der Waals surface area contributed by atoms with E-state index < -0.39 is 0 Å². The van der Waals surface area contributed by atoms with E-state index in [4.69, 9.17) is 0 Å². The summed E-state index contributed by atoms with van der Waals surface area (Å²) in [4.78, 5) is 0. The van der Waals surface area contributed by atoms with Crippen molar-refractivity contribution in [3.05, 3.63) is 0 Å². The van der Waals surface area contributed by atoms with Crippen LogP contribution in [0.3, 0.4) is 0 Å². The molecule has 0 unspecified atom stereocenters. The highest BCUT2D eigenvalue weighted by Gasteiger charge is 2.17. The van der Waals surface area contributed by atoms with Crippen molar-refractivity contribution in [2.45, 2.75) is 52.4 Å². The number of hydrogen-bond donors (Lipinski definition) is 0. The van der Waals surface area contributed by atoms with Crippen molar-refractivity contribution in [1.82, 2.24) is 0 Å². The lowest BCUT2D eigenvalue weighted by Gasteiger charge is -2.26. The summed E-state index contributed by atoms with van der Waals surface area (Å²) >= 11 is 0. The van der Waals surface area contributed by atoms with Gasteiger partial charge in [-0.25, -0.2) is 0 Å². The summed E-state index contributed by atoms with van der Waals surface area (Å²) in [7, 11) is 0. The smallest absolute Gasteiger partial charge is 0.0412 e. The fraction of sp³-hybridized carbons (Fsp3) is 1.00. The summed E-state index contributed by atoms with van der Waals surface area (Å²) in [6, 6.07) is 0. The highest BCUT2D eigenvalue weighted by atomic mass is 14.2. The molecular weight excluding hydrogens is 120 g/mol. The van der Waals surface area contributed by atoms with Crippen molar-refractivity contribution in [2.24, 2.45) is 11.8 Å². The first-order valence-electron chi connectivity index (χ1n) is 4.83. The Bertz CT molecular complexity index is 84.0. The Morgan fingerprint density at radius 3 is 2.70 bits per heavy atom. The van der Waals surface area contributed by atoms with Crippen LogP contribution < -0.4 is 0 Å².